The van der Waals surface area contributed by atoms with Crippen LogP contribution in [0.25, 0.3) is 6.08 Å². The second kappa shape index (κ2) is 7.29. The second-order valence-corrected chi connectivity index (χ2v) is 6.68. The summed E-state index contributed by atoms with van der Waals surface area (Å²) in [5.41, 5.74) is 2.29. The number of anilines is 1. The third-order valence-corrected chi connectivity index (χ3v) is 4.14. The fourth-order valence-electron chi connectivity index (χ4n) is 2.11. The number of ether oxygens (including phenoxy) is 1. The molecule has 0 saturated carbocycles. The van der Waals surface area contributed by atoms with E-state index >= 15 is 0 Å². The molecular formula is C17H18N2O4S. The van der Waals surface area contributed by atoms with Crippen LogP contribution in [0.15, 0.2) is 53.4 Å². The summed E-state index contributed by atoms with van der Waals surface area (Å²) in [5, 5.41) is 7.74. The third kappa shape index (κ3) is 4.68. The number of amides is 1. The Morgan fingerprint density at radius 1 is 1.21 bits per heavy atom. The molecule has 0 atom stereocenters. The van der Waals surface area contributed by atoms with Gasteiger partial charge in [0.1, 0.15) is 10.6 Å². The lowest BCUT2D eigenvalue weighted by molar-refractivity contribution is -0.111. The molecule has 0 aromatic heterocycles. The van der Waals surface area contributed by atoms with Gasteiger partial charge >= 0.3 is 0 Å². The SMILES string of the molecule is COc1ccc(NC(=O)/C=C/c2cccc(C)c2)cc1S(N)(=O)=O. The number of nitrogens with one attached hydrogen (secondary N) is 1. The van der Waals surface area contributed by atoms with Crippen LogP contribution in [-0.2, 0) is 14.8 Å². The summed E-state index contributed by atoms with van der Waals surface area (Å²) in [5.74, 6) is -0.271. The van der Waals surface area contributed by atoms with Gasteiger partial charge in [-0.3, -0.25) is 4.79 Å². The van der Waals surface area contributed by atoms with Crippen molar-refractivity contribution >= 4 is 27.7 Å². The first kappa shape index (κ1) is 17.7. The van der Waals surface area contributed by atoms with Gasteiger partial charge in [-0.1, -0.05) is 29.8 Å². The van der Waals surface area contributed by atoms with Crippen LogP contribution in [0.3, 0.4) is 0 Å². The van der Waals surface area contributed by atoms with Crippen LogP contribution in [0.4, 0.5) is 5.69 Å². The molecule has 24 heavy (non-hydrogen) atoms. The number of carbonyl (C=O) groups is 1. The van der Waals surface area contributed by atoms with Gasteiger partial charge in [-0.15, -0.1) is 0 Å². The number of hydrogen-bond acceptors (Lipinski definition) is 4. The van der Waals surface area contributed by atoms with Crippen LogP contribution in [0.2, 0.25) is 0 Å². The number of primary sulfonamides is 1. The maximum atomic E-state index is 12.0. The average Bonchev–Trinajstić information content (AvgIpc) is 2.52. The van der Waals surface area contributed by atoms with E-state index in [1.54, 1.807) is 6.08 Å². The second-order valence-electron chi connectivity index (χ2n) is 5.15. The highest BCUT2D eigenvalue weighted by Gasteiger charge is 2.16. The van der Waals surface area contributed by atoms with E-state index in [4.69, 9.17) is 9.88 Å². The topological polar surface area (TPSA) is 98.5 Å². The van der Waals surface area contributed by atoms with Gasteiger partial charge in [0.15, 0.2) is 0 Å². The van der Waals surface area contributed by atoms with E-state index < -0.39 is 10.0 Å². The standard InChI is InChI=1S/C17H18N2O4S/c1-12-4-3-5-13(10-12)6-9-17(20)19-14-7-8-15(23-2)16(11-14)24(18,21)22/h3-11H,1-2H3,(H,19,20)(H2,18,21,22)/b9-6+. The molecule has 0 spiro atoms. The Hall–Kier alpha value is -2.64. The van der Waals surface area contributed by atoms with Crippen molar-refractivity contribution in [2.45, 2.75) is 11.8 Å². The molecule has 0 saturated heterocycles. The van der Waals surface area contributed by atoms with E-state index in [2.05, 4.69) is 5.32 Å². The number of carbonyl (C=O) groups excluding carboxylic acids is 1. The van der Waals surface area contributed by atoms with Crippen LogP contribution < -0.4 is 15.2 Å². The molecule has 0 aliphatic heterocycles. The zero-order valence-electron chi connectivity index (χ0n) is 13.3. The van der Waals surface area contributed by atoms with Crippen LogP contribution in [0.5, 0.6) is 5.75 Å². The molecule has 0 fully saturated rings. The number of rotatable bonds is 5. The van der Waals surface area contributed by atoms with Crippen LogP contribution in [-0.4, -0.2) is 21.4 Å². The molecule has 0 unspecified atom stereocenters. The van der Waals surface area contributed by atoms with Gasteiger partial charge in [-0.05, 0) is 36.8 Å². The summed E-state index contributed by atoms with van der Waals surface area (Å²) in [6.07, 6.45) is 3.04. The number of sulfonamides is 1. The minimum Gasteiger partial charge on any atom is -0.495 e. The molecule has 2 rings (SSSR count). The number of methoxy groups -OCH3 is 1. The van der Waals surface area contributed by atoms with Crippen molar-refractivity contribution in [2.75, 3.05) is 12.4 Å². The molecule has 0 aliphatic carbocycles. The first-order valence-corrected chi connectivity index (χ1v) is 8.61. The summed E-state index contributed by atoms with van der Waals surface area (Å²) in [7, 11) is -2.62. The number of hydrogen-bond donors (Lipinski definition) is 2. The molecule has 0 bridgehead atoms. The normalized spacial score (nSPS) is 11.5. The minimum atomic E-state index is -3.96. The molecule has 1 amide bonds. The van der Waals surface area contributed by atoms with E-state index in [-0.39, 0.29) is 16.6 Å². The molecular weight excluding hydrogens is 328 g/mol. The molecule has 126 valence electrons. The Labute approximate surface area is 141 Å². The molecule has 0 radical (unpaired) electrons. The van der Waals surface area contributed by atoms with Gasteiger partial charge in [-0.2, -0.15) is 0 Å². The van der Waals surface area contributed by atoms with Crippen molar-refractivity contribution in [3.63, 3.8) is 0 Å². The monoisotopic (exact) mass is 346 g/mol. The lowest BCUT2D eigenvalue weighted by Gasteiger charge is -2.09. The summed E-state index contributed by atoms with van der Waals surface area (Å²) >= 11 is 0. The number of benzene rings is 2. The zero-order valence-corrected chi connectivity index (χ0v) is 14.1. The highest BCUT2D eigenvalue weighted by Crippen LogP contribution is 2.26. The maximum Gasteiger partial charge on any atom is 0.248 e. The first-order valence-electron chi connectivity index (χ1n) is 7.06. The Morgan fingerprint density at radius 2 is 1.96 bits per heavy atom. The summed E-state index contributed by atoms with van der Waals surface area (Å²) in [4.78, 5) is 11.8. The summed E-state index contributed by atoms with van der Waals surface area (Å²) in [6.45, 7) is 1.96. The maximum absolute atomic E-state index is 12.0. The summed E-state index contributed by atoms with van der Waals surface area (Å²) < 4.78 is 28.1. The molecule has 2 aromatic carbocycles. The molecule has 3 N–H and O–H groups in total. The van der Waals surface area contributed by atoms with Gasteiger partial charge in [-0.25, -0.2) is 13.6 Å². The van der Waals surface area contributed by atoms with Crippen molar-refractivity contribution in [3.8, 4) is 5.75 Å². The molecule has 0 heterocycles. The largest absolute Gasteiger partial charge is 0.495 e. The van der Waals surface area contributed by atoms with Crippen molar-refractivity contribution in [1.82, 2.24) is 0 Å². The van der Waals surface area contributed by atoms with E-state index in [9.17, 15) is 13.2 Å². The minimum absolute atomic E-state index is 0.116. The first-order chi connectivity index (χ1) is 11.3. The fourth-order valence-corrected chi connectivity index (χ4v) is 2.83. The number of nitrogens with two attached hydrogens (primary N) is 1. The number of aryl methyl sites for hydroxylation is 1. The quantitative estimate of drug-likeness (QED) is 0.812. The van der Waals surface area contributed by atoms with Crippen LogP contribution >= 0.6 is 0 Å². The third-order valence-electron chi connectivity index (χ3n) is 3.21. The highest BCUT2D eigenvalue weighted by atomic mass is 32.2. The van der Waals surface area contributed by atoms with Crippen molar-refractivity contribution < 1.29 is 17.9 Å². The fraction of sp³-hybridized carbons (Fsp3) is 0.118. The summed E-state index contributed by atoms with van der Waals surface area (Å²) in [6, 6.07) is 11.9. The predicted octanol–water partition coefficient (Wildman–Crippen LogP) is 2.30. The van der Waals surface area contributed by atoms with Crippen molar-refractivity contribution in [2.24, 2.45) is 5.14 Å². The van der Waals surface area contributed by atoms with E-state index in [0.29, 0.717) is 5.69 Å². The van der Waals surface area contributed by atoms with E-state index in [0.717, 1.165) is 11.1 Å². The Bertz CT molecular complexity index is 889. The zero-order chi connectivity index (χ0) is 17.7. The lowest BCUT2D eigenvalue weighted by atomic mass is 10.1. The molecule has 2 aromatic rings. The predicted molar refractivity (Wildman–Crippen MR) is 93.2 cm³/mol. The Kier molecular flexibility index (Phi) is 5.38. The van der Waals surface area contributed by atoms with E-state index in [1.807, 2.05) is 31.2 Å². The highest BCUT2D eigenvalue weighted by molar-refractivity contribution is 7.89. The van der Waals surface area contributed by atoms with Gasteiger partial charge in [0.25, 0.3) is 0 Å². The van der Waals surface area contributed by atoms with Crippen molar-refractivity contribution in [1.29, 1.82) is 0 Å². The van der Waals surface area contributed by atoms with Gasteiger partial charge in [0.05, 0.1) is 7.11 Å². The molecule has 7 heteroatoms. The smallest absolute Gasteiger partial charge is 0.248 e. The average molecular weight is 346 g/mol. The van der Waals surface area contributed by atoms with E-state index in [1.165, 1.54) is 31.4 Å². The molecule has 0 aliphatic rings. The Balaban J connectivity index is 2.17. The Morgan fingerprint density at radius 3 is 2.58 bits per heavy atom. The lowest BCUT2D eigenvalue weighted by Crippen LogP contribution is -2.15. The van der Waals surface area contributed by atoms with Gasteiger partial charge in [0, 0.05) is 11.8 Å². The van der Waals surface area contributed by atoms with Crippen molar-refractivity contribution in [3.05, 3.63) is 59.7 Å². The van der Waals surface area contributed by atoms with Gasteiger partial charge < -0.3 is 10.1 Å². The van der Waals surface area contributed by atoms with Gasteiger partial charge in [0.2, 0.25) is 15.9 Å². The van der Waals surface area contributed by atoms with Crippen LogP contribution in [0.1, 0.15) is 11.1 Å². The molecule has 6 nitrogen and oxygen atoms in total. The van der Waals surface area contributed by atoms with Crippen LogP contribution in [0, 0.1) is 6.92 Å².